The third-order valence-corrected chi connectivity index (χ3v) is 8.42. The van der Waals surface area contributed by atoms with Gasteiger partial charge in [0.25, 0.3) is 0 Å². The Kier molecular flexibility index (Phi) is 5.96. The zero-order valence-corrected chi connectivity index (χ0v) is 14.6. The number of hydrogen-bond donors (Lipinski definition) is 0. The molecule has 0 amide bonds. The molecule has 2 rings (SSSR count). The molecule has 1 saturated heterocycles. The molecule has 1 aliphatic heterocycles. The van der Waals surface area contributed by atoms with Crippen molar-refractivity contribution in [1.29, 1.82) is 0 Å². The highest BCUT2D eigenvalue weighted by Gasteiger charge is 2.41. The minimum Gasteiger partial charge on any atom is -0.229 e. The van der Waals surface area contributed by atoms with Gasteiger partial charge in [-0.2, -0.15) is 4.31 Å². The molecule has 8 heteroatoms. The van der Waals surface area contributed by atoms with Gasteiger partial charge in [0.15, 0.2) is 9.84 Å². The van der Waals surface area contributed by atoms with Gasteiger partial charge in [0.2, 0.25) is 10.0 Å². The molecule has 0 N–H and O–H groups in total. The molecule has 124 valence electrons. The van der Waals surface area contributed by atoms with Crippen LogP contribution in [0, 0.1) is 0 Å². The van der Waals surface area contributed by atoms with E-state index in [9.17, 15) is 16.8 Å². The molecule has 2 aliphatic rings. The molecule has 0 aromatic rings. The molecule has 21 heavy (non-hydrogen) atoms. The molecule has 2 fully saturated rings. The van der Waals surface area contributed by atoms with Crippen LogP contribution in [-0.2, 0) is 19.9 Å². The number of nitrogens with zero attached hydrogens (tertiary/aromatic N) is 1. The second kappa shape index (κ2) is 7.15. The number of hydrogen-bond acceptors (Lipinski definition) is 4. The molecule has 1 saturated carbocycles. The summed E-state index contributed by atoms with van der Waals surface area (Å²) in [5.41, 5.74) is 0. The van der Waals surface area contributed by atoms with Gasteiger partial charge < -0.3 is 0 Å². The van der Waals surface area contributed by atoms with Crippen LogP contribution < -0.4 is 0 Å². The molecule has 1 heterocycles. The quantitative estimate of drug-likeness (QED) is 0.679. The van der Waals surface area contributed by atoms with E-state index < -0.39 is 19.9 Å². The highest BCUT2D eigenvalue weighted by atomic mass is 35.5. The van der Waals surface area contributed by atoms with Gasteiger partial charge in [0, 0.05) is 18.0 Å². The lowest BCUT2D eigenvalue weighted by atomic mass is 9.95. The summed E-state index contributed by atoms with van der Waals surface area (Å²) in [7, 11) is -6.53. The third-order valence-electron chi connectivity index (χ3n) is 4.36. The monoisotopic (exact) mass is 357 g/mol. The van der Waals surface area contributed by atoms with Crippen molar-refractivity contribution in [3.05, 3.63) is 0 Å². The van der Waals surface area contributed by atoms with Crippen LogP contribution in [0.25, 0.3) is 0 Å². The maximum atomic E-state index is 12.7. The Balaban J connectivity index is 2.21. The van der Waals surface area contributed by atoms with Crippen molar-refractivity contribution in [2.45, 2.75) is 57.0 Å². The maximum Gasteiger partial charge on any atom is 0.214 e. The normalized spacial score (nSPS) is 27.2. The molecule has 0 aromatic carbocycles. The fraction of sp³-hybridized carbons (Fsp3) is 1.00. The largest absolute Gasteiger partial charge is 0.229 e. The van der Waals surface area contributed by atoms with E-state index in [2.05, 4.69) is 0 Å². The Labute approximate surface area is 133 Å². The number of alkyl halides is 1. The molecule has 1 atom stereocenters. The number of halogens is 1. The van der Waals surface area contributed by atoms with Crippen LogP contribution in [0.3, 0.4) is 0 Å². The van der Waals surface area contributed by atoms with Crippen molar-refractivity contribution < 1.29 is 16.8 Å². The Morgan fingerprint density at radius 2 is 1.71 bits per heavy atom. The van der Waals surface area contributed by atoms with Crippen LogP contribution in [0.5, 0.6) is 0 Å². The van der Waals surface area contributed by atoms with Gasteiger partial charge >= 0.3 is 0 Å². The summed E-state index contributed by atoms with van der Waals surface area (Å²) in [6.07, 6.45) is 5.70. The molecule has 1 aliphatic carbocycles. The van der Waals surface area contributed by atoms with Gasteiger partial charge in [-0.25, -0.2) is 16.8 Å². The minimum absolute atomic E-state index is 0.0174. The van der Waals surface area contributed by atoms with Crippen LogP contribution in [-0.4, -0.2) is 56.4 Å². The summed E-state index contributed by atoms with van der Waals surface area (Å²) in [6.45, 7) is 0. The van der Waals surface area contributed by atoms with E-state index >= 15 is 0 Å². The molecular formula is C13H24ClNO4S2. The summed E-state index contributed by atoms with van der Waals surface area (Å²) in [5.74, 6) is 0.403. The first-order valence-electron chi connectivity index (χ1n) is 7.63. The lowest BCUT2D eigenvalue weighted by Crippen LogP contribution is -2.49. The predicted molar refractivity (Wildman–Crippen MR) is 84.9 cm³/mol. The number of sulfonamides is 1. The van der Waals surface area contributed by atoms with E-state index in [1.807, 2.05) is 0 Å². The lowest BCUT2D eigenvalue weighted by Gasteiger charge is -2.37. The van der Waals surface area contributed by atoms with Crippen molar-refractivity contribution in [2.75, 3.05) is 23.1 Å². The zero-order valence-electron chi connectivity index (χ0n) is 12.2. The first-order valence-corrected chi connectivity index (χ1v) is 11.6. The second-order valence-electron chi connectivity index (χ2n) is 6.04. The molecule has 5 nitrogen and oxygen atoms in total. The van der Waals surface area contributed by atoms with Crippen molar-refractivity contribution in [2.24, 2.45) is 0 Å². The first-order chi connectivity index (χ1) is 9.86. The highest BCUT2D eigenvalue weighted by molar-refractivity contribution is 7.92. The highest BCUT2D eigenvalue weighted by Crippen LogP contribution is 2.31. The standard InChI is InChI=1S/C13H24ClNO4S2/c14-8-4-9-21(18,19)15(12-5-2-1-3-6-12)13-7-10-20(16,17)11-13/h12-13H,1-11H2. The summed E-state index contributed by atoms with van der Waals surface area (Å²) in [6, 6.07) is -0.407. The smallest absolute Gasteiger partial charge is 0.214 e. The summed E-state index contributed by atoms with van der Waals surface area (Å²) in [4.78, 5) is 0. The Morgan fingerprint density at radius 1 is 1.05 bits per heavy atom. The predicted octanol–water partition coefficient (Wildman–Crippen LogP) is 1.77. The van der Waals surface area contributed by atoms with Crippen LogP contribution >= 0.6 is 11.6 Å². The van der Waals surface area contributed by atoms with E-state index in [-0.39, 0.29) is 29.3 Å². The van der Waals surface area contributed by atoms with E-state index in [0.29, 0.717) is 18.7 Å². The van der Waals surface area contributed by atoms with E-state index in [0.717, 1.165) is 32.1 Å². The zero-order chi connectivity index (χ0) is 15.5. The first kappa shape index (κ1) is 17.5. The van der Waals surface area contributed by atoms with E-state index in [1.165, 1.54) is 0 Å². The average Bonchev–Trinajstić information content (AvgIpc) is 2.77. The Morgan fingerprint density at radius 3 is 2.24 bits per heavy atom. The van der Waals surface area contributed by atoms with Crippen LogP contribution in [0.4, 0.5) is 0 Å². The Hall–Kier alpha value is 0.150. The van der Waals surface area contributed by atoms with Crippen LogP contribution in [0.2, 0.25) is 0 Å². The van der Waals surface area contributed by atoms with E-state index in [1.54, 1.807) is 4.31 Å². The summed E-state index contributed by atoms with van der Waals surface area (Å²) in [5, 5.41) is 0. The van der Waals surface area contributed by atoms with Gasteiger partial charge in [0.1, 0.15) is 0 Å². The third kappa shape index (κ3) is 4.56. The van der Waals surface area contributed by atoms with Crippen LogP contribution in [0.15, 0.2) is 0 Å². The van der Waals surface area contributed by atoms with Crippen LogP contribution in [0.1, 0.15) is 44.9 Å². The fourth-order valence-corrected chi connectivity index (χ4v) is 7.52. The number of sulfone groups is 1. The molecule has 0 bridgehead atoms. The molecule has 0 radical (unpaired) electrons. The van der Waals surface area contributed by atoms with Crippen molar-refractivity contribution in [3.63, 3.8) is 0 Å². The van der Waals surface area contributed by atoms with Gasteiger partial charge in [-0.3, -0.25) is 0 Å². The van der Waals surface area contributed by atoms with Gasteiger partial charge in [-0.1, -0.05) is 19.3 Å². The topological polar surface area (TPSA) is 71.5 Å². The summed E-state index contributed by atoms with van der Waals surface area (Å²) >= 11 is 5.62. The van der Waals surface area contributed by atoms with Gasteiger partial charge in [0.05, 0.1) is 17.3 Å². The molecular weight excluding hydrogens is 334 g/mol. The molecule has 1 unspecified atom stereocenters. The van der Waals surface area contributed by atoms with Crippen molar-refractivity contribution in [3.8, 4) is 0 Å². The van der Waals surface area contributed by atoms with E-state index in [4.69, 9.17) is 11.6 Å². The van der Waals surface area contributed by atoms with Gasteiger partial charge in [-0.15, -0.1) is 11.6 Å². The fourth-order valence-electron chi connectivity index (χ4n) is 3.41. The molecule has 0 aromatic heterocycles. The Bertz CT molecular complexity index is 541. The SMILES string of the molecule is O=S1(=O)CCC(N(C2CCCCC2)S(=O)(=O)CCCCl)C1. The number of rotatable bonds is 6. The molecule has 0 spiro atoms. The minimum atomic E-state index is -3.43. The summed E-state index contributed by atoms with van der Waals surface area (Å²) < 4.78 is 50.3. The second-order valence-corrected chi connectivity index (χ2v) is 10.6. The van der Waals surface area contributed by atoms with Gasteiger partial charge in [-0.05, 0) is 25.7 Å². The van der Waals surface area contributed by atoms with Crippen molar-refractivity contribution >= 4 is 31.5 Å². The average molecular weight is 358 g/mol. The maximum absolute atomic E-state index is 12.7. The lowest BCUT2D eigenvalue weighted by molar-refractivity contribution is 0.213. The van der Waals surface area contributed by atoms with Crippen molar-refractivity contribution in [1.82, 2.24) is 4.31 Å².